The van der Waals surface area contributed by atoms with Crippen LogP contribution in [0.1, 0.15) is 26.7 Å². The molecule has 0 unspecified atom stereocenters. The molecule has 2 rings (SSSR count). The molecule has 0 aliphatic carbocycles. The maximum atomic E-state index is 5.20. The Balaban J connectivity index is 0.000000222. The van der Waals surface area contributed by atoms with Gasteiger partial charge in [0.05, 0.1) is 0 Å². The Morgan fingerprint density at radius 1 is 0.667 bits per heavy atom. The van der Waals surface area contributed by atoms with E-state index in [1.54, 1.807) is 0 Å². The average Bonchev–Trinajstić information content (AvgIpc) is 2.57. The fraction of sp³-hybridized carbons (Fsp3) is 0.333. The lowest BCUT2D eigenvalue weighted by molar-refractivity contribution is 0.222. The Hall–Kier alpha value is -1.42. The number of hydrogen-bond acceptors (Lipinski definition) is 2. The summed E-state index contributed by atoms with van der Waals surface area (Å²) in [6.07, 6.45) is 2.20. The van der Waals surface area contributed by atoms with Gasteiger partial charge in [-0.1, -0.05) is 74.5 Å². The Morgan fingerprint density at radius 2 is 1.05 bits per heavy atom. The Morgan fingerprint density at radius 3 is 1.38 bits per heavy atom. The predicted molar refractivity (Wildman–Crippen MR) is 92.9 cm³/mol. The van der Waals surface area contributed by atoms with Gasteiger partial charge >= 0.3 is 10.0 Å². The molecule has 0 amide bonds. The maximum Gasteiger partial charge on any atom is 0.304 e. The van der Waals surface area contributed by atoms with E-state index in [2.05, 4.69) is 62.4 Å². The van der Waals surface area contributed by atoms with E-state index >= 15 is 0 Å². The van der Waals surface area contributed by atoms with Gasteiger partial charge in [0, 0.05) is 13.2 Å². The molecule has 2 aromatic rings. The molecule has 0 bridgehead atoms. The third kappa shape index (κ3) is 8.45. The van der Waals surface area contributed by atoms with Gasteiger partial charge in [-0.2, -0.15) is 0 Å². The third-order valence-electron chi connectivity index (χ3n) is 2.74. The molecule has 21 heavy (non-hydrogen) atoms. The van der Waals surface area contributed by atoms with E-state index in [0.29, 0.717) is 0 Å². The molecule has 0 aromatic heterocycles. The summed E-state index contributed by atoms with van der Waals surface area (Å²) in [5.74, 6) is 0. The highest BCUT2D eigenvalue weighted by atomic mass is 28.3. The van der Waals surface area contributed by atoms with Gasteiger partial charge in [-0.05, 0) is 24.0 Å². The van der Waals surface area contributed by atoms with E-state index in [0.717, 1.165) is 26.1 Å². The summed E-state index contributed by atoms with van der Waals surface area (Å²) in [6, 6.07) is 20.8. The van der Waals surface area contributed by atoms with Crippen molar-refractivity contribution in [2.24, 2.45) is 0 Å². The molecular weight excluding hydrogens is 276 g/mol. The largest absolute Gasteiger partial charge is 0.399 e. The van der Waals surface area contributed by atoms with Crippen molar-refractivity contribution in [1.82, 2.24) is 0 Å². The Labute approximate surface area is 131 Å². The smallest absolute Gasteiger partial charge is 0.304 e. The van der Waals surface area contributed by atoms with Crippen LogP contribution in [0.5, 0.6) is 0 Å². The molecule has 3 heteroatoms. The van der Waals surface area contributed by atoms with Gasteiger partial charge in [0.25, 0.3) is 0 Å². The van der Waals surface area contributed by atoms with Crippen LogP contribution in [0.4, 0.5) is 0 Å². The van der Waals surface area contributed by atoms with E-state index < -0.39 is 10.0 Å². The van der Waals surface area contributed by atoms with Crippen molar-refractivity contribution in [2.75, 3.05) is 13.2 Å². The molecule has 0 atom stereocenters. The minimum Gasteiger partial charge on any atom is -0.399 e. The molecule has 0 fully saturated rings. The van der Waals surface area contributed by atoms with Crippen molar-refractivity contribution < 1.29 is 8.85 Å². The van der Waals surface area contributed by atoms with Crippen LogP contribution < -0.4 is 0 Å². The second-order valence-electron chi connectivity index (χ2n) is 4.67. The molecule has 0 saturated carbocycles. The van der Waals surface area contributed by atoms with Crippen LogP contribution in [-0.4, -0.2) is 23.2 Å². The molecule has 0 spiro atoms. The summed E-state index contributed by atoms with van der Waals surface area (Å²) < 4.78 is 10.4. The Bertz CT molecular complexity index is 402. The van der Waals surface area contributed by atoms with Gasteiger partial charge < -0.3 is 8.85 Å². The highest BCUT2D eigenvalue weighted by Crippen LogP contribution is 2.17. The summed E-state index contributed by atoms with van der Waals surface area (Å²) in [5.41, 5.74) is 2.55. The van der Waals surface area contributed by atoms with E-state index in [-0.39, 0.29) is 0 Å². The van der Waals surface area contributed by atoms with Crippen molar-refractivity contribution in [3.8, 4) is 11.1 Å². The standard InChI is InChI=1S/C12H10.C6H16O2Si/c1-3-7-11(8-4-1)12-9-5-2-6-10-12;1-3-5-7-9-8-6-4-2/h1-10H;3-6,9H2,1-2H3. The lowest BCUT2D eigenvalue weighted by atomic mass is 10.1. The fourth-order valence-electron chi connectivity index (χ4n) is 1.73. The zero-order valence-corrected chi connectivity index (χ0v) is 14.5. The van der Waals surface area contributed by atoms with Crippen molar-refractivity contribution >= 4 is 10.0 Å². The summed E-state index contributed by atoms with van der Waals surface area (Å²) in [7, 11) is -0.611. The van der Waals surface area contributed by atoms with Gasteiger partial charge in [-0.3, -0.25) is 0 Å². The predicted octanol–water partition coefficient (Wildman–Crippen LogP) is 4.19. The molecular formula is C18H26O2Si. The summed E-state index contributed by atoms with van der Waals surface area (Å²) in [6.45, 7) is 5.95. The first-order chi connectivity index (χ1) is 10.4. The number of benzene rings is 2. The Kier molecular flexibility index (Phi) is 10.3. The van der Waals surface area contributed by atoms with Gasteiger partial charge in [-0.15, -0.1) is 0 Å². The minimum absolute atomic E-state index is 0.611. The van der Waals surface area contributed by atoms with Gasteiger partial charge in [0.15, 0.2) is 0 Å². The fourth-order valence-corrected chi connectivity index (χ4v) is 2.66. The highest BCUT2D eigenvalue weighted by Gasteiger charge is 1.91. The van der Waals surface area contributed by atoms with Crippen molar-refractivity contribution in [3.05, 3.63) is 60.7 Å². The lowest BCUT2D eigenvalue weighted by Crippen LogP contribution is -2.05. The summed E-state index contributed by atoms with van der Waals surface area (Å²) in [5, 5.41) is 0. The lowest BCUT2D eigenvalue weighted by Gasteiger charge is -2.00. The second kappa shape index (κ2) is 12.3. The van der Waals surface area contributed by atoms with Crippen molar-refractivity contribution in [1.29, 1.82) is 0 Å². The topological polar surface area (TPSA) is 18.5 Å². The van der Waals surface area contributed by atoms with Crippen molar-refractivity contribution in [3.63, 3.8) is 0 Å². The van der Waals surface area contributed by atoms with Crippen LogP contribution in [0.15, 0.2) is 60.7 Å². The molecule has 2 nitrogen and oxygen atoms in total. The maximum absolute atomic E-state index is 5.20. The molecule has 0 aliphatic rings. The quantitative estimate of drug-likeness (QED) is 0.564. The molecule has 0 aliphatic heterocycles. The van der Waals surface area contributed by atoms with Gasteiger partial charge in [-0.25, -0.2) is 0 Å². The molecule has 0 radical (unpaired) electrons. The molecule has 0 saturated heterocycles. The van der Waals surface area contributed by atoms with Crippen molar-refractivity contribution in [2.45, 2.75) is 26.7 Å². The van der Waals surface area contributed by atoms with Crippen LogP contribution in [0.25, 0.3) is 11.1 Å². The molecule has 2 aromatic carbocycles. The van der Waals surface area contributed by atoms with Crippen LogP contribution in [-0.2, 0) is 8.85 Å². The van der Waals surface area contributed by atoms with E-state index in [1.165, 1.54) is 11.1 Å². The minimum atomic E-state index is -0.611. The SMILES string of the molecule is CCCO[SiH2]OCCC.c1ccc(-c2ccccc2)cc1. The van der Waals surface area contributed by atoms with E-state index in [9.17, 15) is 0 Å². The van der Waals surface area contributed by atoms with Crippen LogP contribution in [0.3, 0.4) is 0 Å². The number of hydrogen-bond donors (Lipinski definition) is 0. The first-order valence-corrected chi connectivity index (χ1v) is 8.79. The normalized spacial score (nSPS) is 9.81. The summed E-state index contributed by atoms with van der Waals surface area (Å²) >= 11 is 0. The van der Waals surface area contributed by atoms with Gasteiger partial charge in [0.2, 0.25) is 0 Å². The highest BCUT2D eigenvalue weighted by molar-refractivity contribution is 6.17. The van der Waals surface area contributed by atoms with E-state index in [4.69, 9.17) is 8.85 Å². The second-order valence-corrected chi connectivity index (χ2v) is 5.72. The zero-order chi connectivity index (χ0) is 15.2. The number of rotatable bonds is 7. The monoisotopic (exact) mass is 302 g/mol. The third-order valence-corrected chi connectivity index (χ3v) is 3.66. The molecule has 0 N–H and O–H groups in total. The van der Waals surface area contributed by atoms with Crippen LogP contribution in [0.2, 0.25) is 0 Å². The van der Waals surface area contributed by atoms with Gasteiger partial charge in [0.1, 0.15) is 0 Å². The van der Waals surface area contributed by atoms with Crippen LogP contribution >= 0.6 is 0 Å². The first-order valence-electron chi connectivity index (χ1n) is 7.64. The average molecular weight is 302 g/mol. The first kappa shape index (κ1) is 17.6. The zero-order valence-electron chi connectivity index (χ0n) is 13.1. The van der Waals surface area contributed by atoms with Crippen LogP contribution in [0, 0.1) is 0 Å². The van der Waals surface area contributed by atoms with E-state index in [1.807, 2.05) is 12.1 Å². The molecule has 0 heterocycles. The molecule has 114 valence electrons. The summed E-state index contributed by atoms with van der Waals surface area (Å²) in [4.78, 5) is 0.